The van der Waals surface area contributed by atoms with Gasteiger partial charge in [-0.05, 0) is 32.6 Å². The normalized spacial score (nSPS) is 20.0. The highest BCUT2D eigenvalue weighted by molar-refractivity contribution is 5.93. The molecule has 0 bridgehead atoms. The standard InChI is InChI=1S/C18H28N4O/c1-15-19-16(18(23)22-12-8-4-5-9-13-22)14-17(20-15)21-10-6-2-3-7-11-21/h14H,2-13H2,1H3. The fourth-order valence-electron chi connectivity index (χ4n) is 3.56. The van der Waals surface area contributed by atoms with E-state index >= 15 is 0 Å². The van der Waals surface area contributed by atoms with Crippen molar-refractivity contribution in [3.63, 3.8) is 0 Å². The van der Waals surface area contributed by atoms with Crippen LogP contribution in [0.25, 0.3) is 0 Å². The summed E-state index contributed by atoms with van der Waals surface area (Å²) in [4.78, 5) is 26.1. The summed E-state index contributed by atoms with van der Waals surface area (Å²) in [6.07, 6.45) is 9.66. The maximum absolute atomic E-state index is 12.8. The Kier molecular flexibility index (Phi) is 5.47. The van der Waals surface area contributed by atoms with Crippen molar-refractivity contribution in [2.45, 2.75) is 58.3 Å². The number of hydrogen-bond donors (Lipinski definition) is 0. The van der Waals surface area contributed by atoms with Crippen molar-refractivity contribution >= 4 is 11.7 Å². The van der Waals surface area contributed by atoms with Crippen molar-refractivity contribution in [3.05, 3.63) is 17.6 Å². The number of rotatable bonds is 2. The average molecular weight is 316 g/mol. The fourth-order valence-corrected chi connectivity index (χ4v) is 3.56. The molecule has 0 aromatic carbocycles. The first kappa shape index (κ1) is 16.2. The van der Waals surface area contributed by atoms with Crippen LogP contribution in [0, 0.1) is 6.92 Å². The molecule has 0 N–H and O–H groups in total. The zero-order valence-corrected chi connectivity index (χ0v) is 14.3. The van der Waals surface area contributed by atoms with Crippen LogP contribution in [0.5, 0.6) is 0 Å². The zero-order chi connectivity index (χ0) is 16.1. The third-order valence-electron chi connectivity index (χ3n) is 4.87. The third-order valence-corrected chi connectivity index (χ3v) is 4.87. The predicted molar refractivity (Wildman–Crippen MR) is 91.8 cm³/mol. The quantitative estimate of drug-likeness (QED) is 0.841. The van der Waals surface area contributed by atoms with E-state index in [2.05, 4.69) is 14.9 Å². The lowest BCUT2D eigenvalue weighted by Gasteiger charge is -2.24. The van der Waals surface area contributed by atoms with E-state index < -0.39 is 0 Å². The van der Waals surface area contributed by atoms with E-state index in [4.69, 9.17) is 0 Å². The van der Waals surface area contributed by atoms with Crippen molar-refractivity contribution in [1.82, 2.24) is 14.9 Å². The molecule has 0 spiro atoms. The maximum Gasteiger partial charge on any atom is 0.272 e. The molecule has 2 fully saturated rings. The summed E-state index contributed by atoms with van der Waals surface area (Å²) in [5.74, 6) is 1.70. The van der Waals surface area contributed by atoms with E-state index in [0.29, 0.717) is 11.5 Å². The van der Waals surface area contributed by atoms with Gasteiger partial charge in [-0.1, -0.05) is 25.7 Å². The second-order valence-electron chi connectivity index (χ2n) is 6.77. The van der Waals surface area contributed by atoms with Gasteiger partial charge in [-0.25, -0.2) is 9.97 Å². The molecule has 3 heterocycles. The Morgan fingerprint density at radius 1 is 0.870 bits per heavy atom. The van der Waals surface area contributed by atoms with E-state index in [1.807, 2.05) is 17.9 Å². The Hall–Kier alpha value is -1.65. The van der Waals surface area contributed by atoms with Crippen molar-refractivity contribution in [1.29, 1.82) is 0 Å². The minimum atomic E-state index is 0.0773. The van der Waals surface area contributed by atoms with Crippen LogP contribution >= 0.6 is 0 Å². The van der Waals surface area contributed by atoms with Gasteiger partial charge in [0.25, 0.3) is 5.91 Å². The molecule has 3 rings (SSSR count). The van der Waals surface area contributed by atoms with Crippen LogP contribution in [0.1, 0.15) is 67.7 Å². The highest BCUT2D eigenvalue weighted by Crippen LogP contribution is 2.20. The fraction of sp³-hybridized carbons (Fsp3) is 0.722. The molecule has 0 unspecified atom stereocenters. The largest absolute Gasteiger partial charge is 0.356 e. The van der Waals surface area contributed by atoms with Gasteiger partial charge in [-0.2, -0.15) is 0 Å². The summed E-state index contributed by atoms with van der Waals surface area (Å²) in [5.41, 5.74) is 0.568. The smallest absolute Gasteiger partial charge is 0.272 e. The molecule has 2 aliphatic heterocycles. The lowest BCUT2D eigenvalue weighted by atomic mass is 10.2. The van der Waals surface area contributed by atoms with Crippen LogP contribution in [0.3, 0.4) is 0 Å². The van der Waals surface area contributed by atoms with Gasteiger partial charge in [0.2, 0.25) is 0 Å². The molecular weight excluding hydrogens is 288 g/mol. The lowest BCUT2D eigenvalue weighted by molar-refractivity contribution is 0.0755. The minimum Gasteiger partial charge on any atom is -0.356 e. The molecule has 5 nitrogen and oxygen atoms in total. The molecule has 126 valence electrons. The van der Waals surface area contributed by atoms with Crippen molar-refractivity contribution in [2.75, 3.05) is 31.1 Å². The molecular formula is C18H28N4O. The summed E-state index contributed by atoms with van der Waals surface area (Å²) in [7, 11) is 0. The SMILES string of the molecule is Cc1nc(C(=O)N2CCCCCC2)cc(N2CCCCCC2)n1. The van der Waals surface area contributed by atoms with Gasteiger partial charge in [0, 0.05) is 32.2 Å². The summed E-state index contributed by atoms with van der Waals surface area (Å²) in [6.45, 7) is 5.68. The summed E-state index contributed by atoms with van der Waals surface area (Å²) >= 11 is 0. The minimum absolute atomic E-state index is 0.0773. The van der Waals surface area contributed by atoms with Crippen LogP contribution in [0.4, 0.5) is 5.82 Å². The Morgan fingerprint density at radius 2 is 1.43 bits per heavy atom. The molecule has 23 heavy (non-hydrogen) atoms. The Bertz CT molecular complexity index is 530. The van der Waals surface area contributed by atoms with Crippen molar-refractivity contribution in [2.24, 2.45) is 0 Å². The molecule has 2 saturated heterocycles. The number of carbonyl (C=O) groups is 1. The maximum atomic E-state index is 12.8. The molecule has 1 amide bonds. The second kappa shape index (κ2) is 7.75. The number of aryl methyl sites for hydroxylation is 1. The Balaban J connectivity index is 1.79. The van der Waals surface area contributed by atoms with Gasteiger partial charge < -0.3 is 9.80 Å². The van der Waals surface area contributed by atoms with Crippen LogP contribution < -0.4 is 4.90 Å². The first-order valence-corrected chi connectivity index (χ1v) is 9.14. The van der Waals surface area contributed by atoms with Crippen LogP contribution in [0.2, 0.25) is 0 Å². The van der Waals surface area contributed by atoms with E-state index in [-0.39, 0.29) is 5.91 Å². The van der Waals surface area contributed by atoms with Gasteiger partial charge in [0.15, 0.2) is 0 Å². The zero-order valence-electron chi connectivity index (χ0n) is 14.3. The number of aromatic nitrogens is 2. The summed E-state index contributed by atoms with van der Waals surface area (Å²) in [6, 6.07) is 1.91. The van der Waals surface area contributed by atoms with E-state index in [1.165, 1.54) is 38.5 Å². The topological polar surface area (TPSA) is 49.3 Å². The number of nitrogens with zero attached hydrogens (tertiary/aromatic N) is 4. The van der Waals surface area contributed by atoms with Crippen LogP contribution in [-0.2, 0) is 0 Å². The summed E-state index contributed by atoms with van der Waals surface area (Å²) < 4.78 is 0. The number of hydrogen-bond acceptors (Lipinski definition) is 4. The van der Waals surface area contributed by atoms with E-state index in [1.54, 1.807) is 0 Å². The van der Waals surface area contributed by atoms with E-state index in [0.717, 1.165) is 44.8 Å². The molecule has 0 aliphatic carbocycles. The third kappa shape index (κ3) is 4.21. The average Bonchev–Trinajstić information content (AvgIpc) is 2.98. The molecule has 2 aliphatic rings. The van der Waals surface area contributed by atoms with Gasteiger partial charge >= 0.3 is 0 Å². The highest BCUT2D eigenvalue weighted by atomic mass is 16.2. The van der Waals surface area contributed by atoms with Crippen molar-refractivity contribution in [3.8, 4) is 0 Å². The monoisotopic (exact) mass is 316 g/mol. The van der Waals surface area contributed by atoms with Gasteiger partial charge in [0.05, 0.1) is 0 Å². The first-order valence-electron chi connectivity index (χ1n) is 9.14. The van der Waals surface area contributed by atoms with Gasteiger partial charge in [-0.3, -0.25) is 4.79 Å². The van der Waals surface area contributed by atoms with Gasteiger partial charge in [-0.15, -0.1) is 0 Å². The summed E-state index contributed by atoms with van der Waals surface area (Å²) in [5, 5.41) is 0. The predicted octanol–water partition coefficient (Wildman–Crippen LogP) is 3.18. The molecule has 0 saturated carbocycles. The number of anilines is 1. The Labute approximate surface area is 139 Å². The second-order valence-corrected chi connectivity index (χ2v) is 6.77. The van der Waals surface area contributed by atoms with Crippen LogP contribution in [-0.4, -0.2) is 47.0 Å². The lowest BCUT2D eigenvalue weighted by Crippen LogP contribution is -2.33. The number of carbonyl (C=O) groups excluding carboxylic acids is 1. The Morgan fingerprint density at radius 3 is 2.04 bits per heavy atom. The molecule has 1 aromatic rings. The van der Waals surface area contributed by atoms with Crippen molar-refractivity contribution < 1.29 is 4.79 Å². The van der Waals surface area contributed by atoms with E-state index in [9.17, 15) is 4.79 Å². The number of likely N-dealkylation sites (tertiary alicyclic amines) is 1. The van der Waals surface area contributed by atoms with Gasteiger partial charge in [0.1, 0.15) is 17.3 Å². The molecule has 0 atom stereocenters. The highest BCUT2D eigenvalue weighted by Gasteiger charge is 2.21. The molecule has 1 aromatic heterocycles. The number of amides is 1. The van der Waals surface area contributed by atoms with Crippen LogP contribution in [0.15, 0.2) is 6.07 Å². The molecule has 0 radical (unpaired) electrons. The first-order chi connectivity index (χ1) is 11.2. The molecule has 5 heteroatoms.